The molecule has 0 aromatic carbocycles. The molecule has 0 amide bonds. The highest BCUT2D eigenvalue weighted by Crippen LogP contribution is 2.21. The van der Waals surface area contributed by atoms with E-state index in [2.05, 4.69) is 27.2 Å². The third kappa shape index (κ3) is 2.36. The summed E-state index contributed by atoms with van der Waals surface area (Å²) in [5.41, 5.74) is 2.87. The van der Waals surface area contributed by atoms with Crippen molar-refractivity contribution in [3.63, 3.8) is 0 Å². The van der Waals surface area contributed by atoms with Gasteiger partial charge in [-0.2, -0.15) is 0 Å². The second kappa shape index (κ2) is 5.03. The van der Waals surface area contributed by atoms with Gasteiger partial charge in [-0.15, -0.1) is 11.3 Å². The van der Waals surface area contributed by atoms with Crippen LogP contribution in [0.1, 0.15) is 19.0 Å². The highest BCUT2D eigenvalue weighted by molar-refractivity contribution is 7.13. The fourth-order valence-electron chi connectivity index (χ4n) is 1.45. The van der Waals surface area contributed by atoms with Gasteiger partial charge in [-0.3, -0.25) is 4.98 Å². The number of aryl methyl sites for hydroxylation is 1. The zero-order valence-electron chi connectivity index (χ0n) is 9.40. The van der Waals surface area contributed by atoms with Gasteiger partial charge >= 0.3 is 0 Å². The number of hydrogen-bond donors (Lipinski definition) is 1. The molecule has 0 saturated carbocycles. The first-order valence-electron chi connectivity index (χ1n) is 5.28. The minimum absolute atomic E-state index is 0.762. The molecule has 0 fully saturated rings. The molecule has 0 aliphatic heterocycles. The van der Waals surface area contributed by atoms with Gasteiger partial charge in [0, 0.05) is 25.0 Å². The molecule has 2 aromatic heterocycles. The molecule has 5 heteroatoms. The summed E-state index contributed by atoms with van der Waals surface area (Å²) in [6.45, 7) is 2.15. The van der Waals surface area contributed by atoms with Gasteiger partial charge in [0.05, 0.1) is 10.4 Å². The van der Waals surface area contributed by atoms with Crippen molar-refractivity contribution in [2.24, 2.45) is 0 Å². The van der Waals surface area contributed by atoms with Gasteiger partial charge < -0.3 is 5.32 Å². The maximum atomic E-state index is 4.53. The van der Waals surface area contributed by atoms with Crippen LogP contribution in [0.25, 0.3) is 10.7 Å². The lowest BCUT2D eigenvalue weighted by Gasteiger charge is -2.05. The van der Waals surface area contributed by atoms with Crippen LogP contribution in [0, 0.1) is 0 Å². The summed E-state index contributed by atoms with van der Waals surface area (Å²) in [7, 11) is 1.87. The summed E-state index contributed by atoms with van der Waals surface area (Å²) >= 11 is 1.56. The second-order valence-corrected chi connectivity index (χ2v) is 4.32. The van der Waals surface area contributed by atoms with Crippen LogP contribution in [0.4, 0.5) is 5.82 Å². The van der Waals surface area contributed by atoms with E-state index < -0.39 is 0 Å². The van der Waals surface area contributed by atoms with E-state index in [9.17, 15) is 0 Å². The van der Waals surface area contributed by atoms with Crippen LogP contribution in [0.5, 0.6) is 0 Å². The van der Waals surface area contributed by atoms with Crippen molar-refractivity contribution in [2.75, 3.05) is 12.4 Å². The van der Waals surface area contributed by atoms with E-state index in [1.807, 2.05) is 13.1 Å². The fraction of sp³-hybridized carbons (Fsp3) is 0.364. The Morgan fingerprint density at radius 2 is 2.25 bits per heavy atom. The van der Waals surface area contributed by atoms with E-state index in [0.717, 1.165) is 35.1 Å². The molecule has 2 rings (SSSR count). The largest absolute Gasteiger partial charge is 0.373 e. The molecule has 0 unspecified atom stereocenters. The first-order valence-corrected chi connectivity index (χ1v) is 6.16. The smallest absolute Gasteiger partial charge is 0.173 e. The number of hydrogen-bond acceptors (Lipinski definition) is 5. The van der Waals surface area contributed by atoms with Crippen LogP contribution in [0.2, 0.25) is 0 Å². The Balaban J connectivity index is 2.41. The molecule has 0 atom stereocenters. The fourth-order valence-corrected chi connectivity index (χ4v) is 2.00. The average molecular weight is 234 g/mol. The first kappa shape index (κ1) is 11.0. The molecule has 0 radical (unpaired) electrons. The molecule has 0 aliphatic carbocycles. The third-order valence-electron chi connectivity index (χ3n) is 2.19. The average Bonchev–Trinajstić information content (AvgIpc) is 2.82. The van der Waals surface area contributed by atoms with Crippen LogP contribution in [-0.2, 0) is 6.42 Å². The van der Waals surface area contributed by atoms with Crippen molar-refractivity contribution in [3.05, 3.63) is 23.5 Å². The molecule has 0 aliphatic rings. The number of thiazole rings is 1. The maximum absolute atomic E-state index is 4.53. The monoisotopic (exact) mass is 234 g/mol. The minimum atomic E-state index is 0.762. The summed E-state index contributed by atoms with van der Waals surface area (Å²) in [5, 5.41) is 3.06. The quantitative estimate of drug-likeness (QED) is 0.883. The third-order valence-corrected chi connectivity index (χ3v) is 2.96. The minimum Gasteiger partial charge on any atom is -0.373 e. The molecule has 2 heterocycles. The number of aromatic nitrogens is 3. The number of nitrogens with one attached hydrogen (secondary N) is 1. The summed E-state index contributed by atoms with van der Waals surface area (Å²) < 4.78 is 0. The molecule has 16 heavy (non-hydrogen) atoms. The standard InChI is InChI=1S/C11H14N4S/c1-3-4-8-5-10(12-2)15-11(14-8)9-6-13-7-16-9/h5-7H,3-4H2,1-2H3,(H,12,14,15). The van der Waals surface area contributed by atoms with E-state index in [-0.39, 0.29) is 0 Å². The van der Waals surface area contributed by atoms with Gasteiger partial charge in [-0.1, -0.05) is 13.3 Å². The van der Waals surface area contributed by atoms with Gasteiger partial charge in [0.2, 0.25) is 0 Å². The lowest BCUT2D eigenvalue weighted by atomic mass is 10.2. The molecule has 84 valence electrons. The molecule has 0 saturated heterocycles. The normalized spacial score (nSPS) is 10.4. The van der Waals surface area contributed by atoms with Crippen LogP contribution < -0.4 is 5.32 Å². The Morgan fingerprint density at radius 1 is 1.38 bits per heavy atom. The van der Waals surface area contributed by atoms with E-state index in [4.69, 9.17) is 0 Å². The van der Waals surface area contributed by atoms with E-state index in [0.29, 0.717) is 0 Å². The number of nitrogens with zero attached hydrogens (tertiary/aromatic N) is 3. The summed E-state index contributed by atoms with van der Waals surface area (Å²) in [4.78, 5) is 14.0. The van der Waals surface area contributed by atoms with Gasteiger partial charge in [-0.05, 0) is 6.42 Å². The Morgan fingerprint density at radius 3 is 2.88 bits per heavy atom. The summed E-state index contributed by atoms with van der Waals surface area (Å²) in [6, 6.07) is 1.99. The van der Waals surface area contributed by atoms with Gasteiger partial charge in [0.1, 0.15) is 5.82 Å². The lowest BCUT2D eigenvalue weighted by Crippen LogP contribution is -2.00. The summed E-state index contributed by atoms with van der Waals surface area (Å²) in [5.74, 6) is 1.62. The van der Waals surface area contributed by atoms with Crippen molar-refractivity contribution in [1.82, 2.24) is 15.0 Å². The van der Waals surface area contributed by atoms with Gasteiger partial charge in [0.25, 0.3) is 0 Å². The Hall–Kier alpha value is -1.49. The van der Waals surface area contributed by atoms with Crippen molar-refractivity contribution >= 4 is 17.2 Å². The Labute approximate surface area is 98.8 Å². The van der Waals surface area contributed by atoms with E-state index in [1.54, 1.807) is 23.0 Å². The molecular weight excluding hydrogens is 220 g/mol. The van der Waals surface area contributed by atoms with Crippen molar-refractivity contribution in [1.29, 1.82) is 0 Å². The highest BCUT2D eigenvalue weighted by Gasteiger charge is 2.07. The number of anilines is 1. The first-order chi connectivity index (χ1) is 7.83. The Kier molecular flexibility index (Phi) is 3.46. The van der Waals surface area contributed by atoms with E-state index >= 15 is 0 Å². The predicted octanol–water partition coefficient (Wildman–Crippen LogP) is 2.59. The Bertz CT molecular complexity index is 453. The van der Waals surface area contributed by atoms with Crippen molar-refractivity contribution in [2.45, 2.75) is 19.8 Å². The second-order valence-electron chi connectivity index (χ2n) is 3.43. The maximum Gasteiger partial charge on any atom is 0.173 e. The van der Waals surface area contributed by atoms with Crippen LogP contribution >= 0.6 is 11.3 Å². The van der Waals surface area contributed by atoms with Crippen molar-refractivity contribution in [3.8, 4) is 10.7 Å². The van der Waals surface area contributed by atoms with Gasteiger partial charge in [-0.25, -0.2) is 9.97 Å². The number of rotatable bonds is 4. The zero-order chi connectivity index (χ0) is 11.4. The van der Waals surface area contributed by atoms with E-state index in [1.165, 1.54) is 0 Å². The lowest BCUT2D eigenvalue weighted by molar-refractivity contribution is 0.876. The highest BCUT2D eigenvalue weighted by atomic mass is 32.1. The molecular formula is C11H14N4S. The molecule has 0 spiro atoms. The zero-order valence-corrected chi connectivity index (χ0v) is 10.2. The molecule has 1 N–H and O–H groups in total. The van der Waals surface area contributed by atoms with Crippen LogP contribution in [-0.4, -0.2) is 22.0 Å². The summed E-state index contributed by atoms with van der Waals surface area (Å²) in [6.07, 6.45) is 3.86. The SMILES string of the molecule is CCCc1cc(NC)nc(-c2cncs2)n1. The predicted molar refractivity (Wildman–Crippen MR) is 66.7 cm³/mol. The molecule has 0 bridgehead atoms. The molecule has 4 nitrogen and oxygen atoms in total. The van der Waals surface area contributed by atoms with Crippen LogP contribution in [0.3, 0.4) is 0 Å². The molecule has 2 aromatic rings. The topological polar surface area (TPSA) is 50.7 Å². The van der Waals surface area contributed by atoms with Gasteiger partial charge in [0.15, 0.2) is 5.82 Å². The van der Waals surface area contributed by atoms with Crippen LogP contribution in [0.15, 0.2) is 17.8 Å². The van der Waals surface area contributed by atoms with Crippen molar-refractivity contribution < 1.29 is 0 Å².